The Morgan fingerprint density at radius 3 is 2.21 bits per heavy atom. The van der Waals surface area contributed by atoms with Crippen LogP contribution in [0, 0.1) is 0 Å². The fraction of sp³-hybridized carbons (Fsp3) is 0.200. The number of ether oxygens (including phenoxy) is 2. The second kappa shape index (κ2) is 9.65. The molecule has 0 aromatic heterocycles. The van der Waals surface area contributed by atoms with Crippen molar-refractivity contribution in [3.05, 3.63) is 60.7 Å². The Hall–Kier alpha value is -2.36. The van der Waals surface area contributed by atoms with E-state index in [1.54, 1.807) is 6.92 Å². The van der Waals surface area contributed by atoms with Crippen molar-refractivity contribution in [2.45, 2.75) is 13.5 Å². The molecule has 1 aromatic carbocycles. The van der Waals surface area contributed by atoms with Gasteiger partial charge in [0.05, 0.1) is 7.11 Å². The number of carbonyl (C=O) groups is 2. The molecule has 0 N–H and O–H groups in total. The number of hydrogen-bond donors (Lipinski definition) is 0. The van der Waals surface area contributed by atoms with Crippen LogP contribution in [0.25, 0.3) is 0 Å². The molecule has 0 amide bonds. The molecule has 1 rings (SSSR count). The minimum atomic E-state index is -0.394. The third-order valence-corrected chi connectivity index (χ3v) is 1.93. The zero-order valence-electron chi connectivity index (χ0n) is 11.2. The molecule has 0 aliphatic rings. The molecular weight excluding hydrogens is 244 g/mol. The van der Waals surface area contributed by atoms with Gasteiger partial charge in [0.15, 0.2) is 0 Å². The molecule has 0 saturated heterocycles. The van der Waals surface area contributed by atoms with Crippen molar-refractivity contribution in [2.75, 3.05) is 7.11 Å². The lowest BCUT2D eigenvalue weighted by molar-refractivity contribution is -0.140. The summed E-state index contributed by atoms with van der Waals surface area (Å²) in [5, 5.41) is 0. The maximum absolute atomic E-state index is 11.0. The first kappa shape index (κ1) is 16.6. The van der Waals surface area contributed by atoms with E-state index in [2.05, 4.69) is 17.9 Å². The molecule has 0 radical (unpaired) electrons. The highest BCUT2D eigenvalue weighted by atomic mass is 16.5. The lowest BCUT2D eigenvalue weighted by Gasteiger charge is -2.03. The third-order valence-electron chi connectivity index (χ3n) is 1.93. The van der Waals surface area contributed by atoms with E-state index in [1.165, 1.54) is 7.11 Å². The van der Waals surface area contributed by atoms with Crippen molar-refractivity contribution in [1.29, 1.82) is 0 Å². The molecular formula is C15H18O4. The van der Waals surface area contributed by atoms with Crippen LogP contribution in [0.4, 0.5) is 0 Å². The van der Waals surface area contributed by atoms with E-state index in [9.17, 15) is 9.59 Å². The highest BCUT2D eigenvalue weighted by Crippen LogP contribution is 2.02. The van der Waals surface area contributed by atoms with E-state index in [4.69, 9.17) is 4.74 Å². The van der Waals surface area contributed by atoms with Gasteiger partial charge in [-0.1, -0.05) is 43.5 Å². The van der Waals surface area contributed by atoms with Crippen LogP contribution in [-0.4, -0.2) is 19.0 Å². The second-order valence-electron chi connectivity index (χ2n) is 3.57. The summed E-state index contributed by atoms with van der Waals surface area (Å²) in [7, 11) is 1.31. The van der Waals surface area contributed by atoms with Gasteiger partial charge in [-0.15, -0.1) is 0 Å². The molecule has 4 nitrogen and oxygen atoms in total. The van der Waals surface area contributed by atoms with Crippen LogP contribution in [0.3, 0.4) is 0 Å². The molecule has 0 aliphatic heterocycles. The Bertz CT molecular complexity index is 435. The summed E-state index contributed by atoms with van der Waals surface area (Å²) in [6.45, 7) is 8.59. The first-order valence-corrected chi connectivity index (χ1v) is 5.58. The minimum absolute atomic E-state index is 0.312. The van der Waals surface area contributed by atoms with E-state index < -0.39 is 5.97 Å². The monoisotopic (exact) mass is 262 g/mol. The van der Waals surface area contributed by atoms with Gasteiger partial charge < -0.3 is 9.47 Å². The highest BCUT2D eigenvalue weighted by Gasteiger charge is 2.02. The molecule has 0 saturated carbocycles. The fourth-order valence-corrected chi connectivity index (χ4v) is 0.930. The van der Waals surface area contributed by atoms with E-state index in [0.29, 0.717) is 12.2 Å². The average molecular weight is 262 g/mol. The molecule has 0 atom stereocenters. The summed E-state index contributed by atoms with van der Waals surface area (Å²) in [5.41, 5.74) is 1.41. The number of esters is 2. The number of benzene rings is 1. The van der Waals surface area contributed by atoms with Crippen molar-refractivity contribution < 1.29 is 19.1 Å². The molecule has 102 valence electrons. The summed E-state index contributed by atoms with van der Waals surface area (Å²) in [6.07, 6.45) is 1.11. The van der Waals surface area contributed by atoms with Crippen molar-refractivity contribution in [2.24, 2.45) is 0 Å². The molecule has 4 heteroatoms. The van der Waals surface area contributed by atoms with Gasteiger partial charge in [0.25, 0.3) is 0 Å². The largest absolute Gasteiger partial charge is 0.466 e. The summed E-state index contributed by atoms with van der Waals surface area (Å²) < 4.78 is 9.09. The first-order valence-electron chi connectivity index (χ1n) is 5.58. The van der Waals surface area contributed by atoms with Crippen molar-refractivity contribution >= 4 is 11.9 Å². The zero-order valence-corrected chi connectivity index (χ0v) is 11.2. The summed E-state index contributed by atoms with van der Waals surface area (Å²) in [5.74, 6) is -0.737. The molecule has 0 bridgehead atoms. The Labute approximate surface area is 113 Å². The zero-order chi connectivity index (χ0) is 14.7. The molecule has 0 heterocycles. The van der Waals surface area contributed by atoms with Gasteiger partial charge in [-0.05, 0) is 12.5 Å². The average Bonchev–Trinajstić information content (AvgIpc) is 2.45. The molecule has 0 aliphatic carbocycles. The third kappa shape index (κ3) is 8.37. The maximum atomic E-state index is 11.0. The molecule has 0 fully saturated rings. The van der Waals surface area contributed by atoms with Crippen molar-refractivity contribution in [3.8, 4) is 0 Å². The molecule has 1 aromatic rings. The van der Waals surface area contributed by atoms with E-state index in [1.807, 2.05) is 30.3 Å². The standard InChI is InChI=1S/C11H12O2.C4H6O2/c1-9(2)11(12)13-8-10-6-4-3-5-7-10;1-3-4(5)6-2/h3-7H,1,8H2,2H3;3H,1H2,2H3. The quantitative estimate of drug-likeness (QED) is 0.618. The van der Waals surface area contributed by atoms with Crippen LogP contribution in [0.15, 0.2) is 55.1 Å². The summed E-state index contributed by atoms with van der Waals surface area (Å²) >= 11 is 0. The number of hydrogen-bond acceptors (Lipinski definition) is 4. The van der Waals surface area contributed by atoms with E-state index in [0.717, 1.165) is 11.6 Å². The van der Waals surface area contributed by atoms with Crippen LogP contribution in [0.2, 0.25) is 0 Å². The van der Waals surface area contributed by atoms with Gasteiger partial charge in [-0.25, -0.2) is 9.59 Å². The van der Waals surface area contributed by atoms with Gasteiger partial charge in [0, 0.05) is 11.6 Å². The number of rotatable bonds is 4. The van der Waals surface area contributed by atoms with Gasteiger partial charge in [-0.2, -0.15) is 0 Å². The molecule has 0 spiro atoms. The lowest BCUT2D eigenvalue weighted by Crippen LogP contribution is -2.04. The van der Waals surface area contributed by atoms with Crippen LogP contribution in [0.5, 0.6) is 0 Å². The first-order chi connectivity index (χ1) is 9.01. The van der Waals surface area contributed by atoms with Crippen LogP contribution >= 0.6 is 0 Å². The van der Waals surface area contributed by atoms with Gasteiger partial charge in [0.1, 0.15) is 6.61 Å². The summed E-state index contributed by atoms with van der Waals surface area (Å²) in [6, 6.07) is 9.55. The number of methoxy groups -OCH3 is 1. The lowest BCUT2D eigenvalue weighted by atomic mass is 10.2. The van der Waals surface area contributed by atoms with Crippen molar-refractivity contribution in [1.82, 2.24) is 0 Å². The summed E-state index contributed by atoms with van der Waals surface area (Å²) in [4.78, 5) is 20.8. The Morgan fingerprint density at radius 2 is 1.84 bits per heavy atom. The molecule has 0 unspecified atom stereocenters. The smallest absolute Gasteiger partial charge is 0.333 e. The van der Waals surface area contributed by atoms with Crippen LogP contribution in [-0.2, 0) is 25.7 Å². The van der Waals surface area contributed by atoms with Gasteiger partial charge >= 0.3 is 11.9 Å². The van der Waals surface area contributed by atoms with Gasteiger partial charge in [-0.3, -0.25) is 0 Å². The molecule has 19 heavy (non-hydrogen) atoms. The van der Waals surface area contributed by atoms with Crippen molar-refractivity contribution in [3.63, 3.8) is 0 Å². The Morgan fingerprint density at radius 1 is 1.26 bits per heavy atom. The predicted molar refractivity (Wildman–Crippen MR) is 73.3 cm³/mol. The highest BCUT2D eigenvalue weighted by molar-refractivity contribution is 5.86. The fourth-order valence-electron chi connectivity index (χ4n) is 0.930. The van der Waals surface area contributed by atoms with Crippen LogP contribution in [0.1, 0.15) is 12.5 Å². The Balaban J connectivity index is 0.000000459. The normalized spacial score (nSPS) is 8.53. The second-order valence-corrected chi connectivity index (χ2v) is 3.57. The van der Waals surface area contributed by atoms with Crippen LogP contribution < -0.4 is 0 Å². The van der Waals surface area contributed by atoms with E-state index in [-0.39, 0.29) is 5.97 Å². The van der Waals surface area contributed by atoms with E-state index >= 15 is 0 Å². The topological polar surface area (TPSA) is 52.6 Å². The minimum Gasteiger partial charge on any atom is -0.466 e. The maximum Gasteiger partial charge on any atom is 0.333 e. The van der Waals surface area contributed by atoms with Gasteiger partial charge in [0.2, 0.25) is 0 Å². The SMILES string of the molecule is C=C(C)C(=O)OCc1ccccc1.C=CC(=O)OC. The predicted octanol–water partition coefficient (Wildman–Crippen LogP) is 2.65. The Kier molecular flexibility index (Phi) is 8.45. The number of carbonyl (C=O) groups excluding carboxylic acids is 2.